The van der Waals surface area contributed by atoms with Gasteiger partial charge in [-0.3, -0.25) is 0 Å². The maximum atomic E-state index is 11.1. The Morgan fingerprint density at radius 2 is 2.20 bits per heavy atom. The molecule has 2 heterocycles. The normalized spacial score (nSPS) is 12.2. The van der Waals surface area contributed by atoms with Gasteiger partial charge in [-0.15, -0.1) is 11.3 Å². The van der Waals surface area contributed by atoms with Gasteiger partial charge in [-0.25, -0.2) is 9.78 Å². The van der Waals surface area contributed by atoms with Crippen molar-refractivity contribution in [2.24, 2.45) is 5.73 Å². The summed E-state index contributed by atoms with van der Waals surface area (Å²) < 4.78 is 2.00. The van der Waals surface area contributed by atoms with Crippen molar-refractivity contribution in [3.8, 4) is 0 Å². The maximum Gasteiger partial charge on any atom is 0.341 e. The van der Waals surface area contributed by atoms with Gasteiger partial charge in [-0.2, -0.15) is 9.78 Å². The first kappa shape index (κ1) is 10.1. The summed E-state index contributed by atoms with van der Waals surface area (Å²) in [7, 11) is 0. The van der Waals surface area contributed by atoms with Crippen LogP contribution in [0.4, 0.5) is 4.79 Å². The molecule has 0 atom stereocenters. The lowest BCUT2D eigenvalue weighted by Gasteiger charge is -2.14. The minimum Gasteiger partial charge on any atom is -0.350 e. The first-order chi connectivity index (χ1) is 6.91. The molecule has 0 saturated heterocycles. The second kappa shape index (κ2) is 3.03. The molecule has 5 nitrogen and oxygen atoms in total. The number of nitrogens with two attached hydrogens (primary N) is 1. The fourth-order valence-electron chi connectivity index (χ4n) is 1.34. The van der Waals surface area contributed by atoms with Crippen LogP contribution in [-0.2, 0) is 5.41 Å². The van der Waals surface area contributed by atoms with Crippen LogP contribution in [0.3, 0.4) is 0 Å². The molecule has 0 bridgehead atoms. The number of primary amides is 1. The van der Waals surface area contributed by atoms with E-state index in [-0.39, 0.29) is 5.41 Å². The number of nitrogens with zero attached hydrogens (tertiary/aromatic N) is 3. The van der Waals surface area contributed by atoms with Crippen molar-refractivity contribution >= 4 is 27.7 Å². The molecule has 2 rings (SSSR count). The number of carbonyl (C=O) groups is 1. The zero-order valence-electron chi connectivity index (χ0n) is 8.74. The summed E-state index contributed by atoms with van der Waals surface area (Å²) in [6.07, 6.45) is 0. The topological polar surface area (TPSA) is 73.8 Å². The van der Waals surface area contributed by atoms with Crippen molar-refractivity contribution in [1.29, 1.82) is 0 Å². The van der Waals surface area contributed by atoms with Gasteiger partial charge < -0.3 is 5.73 Å². The van der Waals surface area contributed by atoms with Crippen LogP contribution >= 0.6 is 11.3 Å². The fraction of sp³-hybridized carbons (Fsp3) is 0.444. The summed E-state index contributed by atoms with van der Waals surface area (Å²) in [5, 5.41) is 4.19. The summed E-state index contributed by atoms with van der Waals surface area (Å²) >= 11 is 1.35. The smallest absolute Gasteiger partial charge is 0.341 e. The highest BCUT2D eigenvalue weighted by Crippen LogP contribution is 2.30. The first-order valence-electron chi connectivity index (χ1n) is 4.47. The monoisotopic (exact) mass is 223 g/mol. The molecule has 0 spiro atoms. The van der Waals surface area contributed by atoms with Crippen molar-refractivity contribution in [2.45, 2.75) is 26.2 Å². The highest BCUT2D eigenvalue weighted by Gasteiger charge is 2.25. The summed E-state index contributed by atoms with van der Waals surface area (Å²) in [6.45, 7) is 6.08. The minimum atomic E-state index is -0.616. The van der Waals surface area contributed by atoms with Crippen LogP contribution < -0.4 is 5.73 Å². The quantitative estimate of drug-likeness (QED) is 0.735. The van der Waals surface area contributed by atoms with Gasteiger partial charge >= 0.3 is 6.03 Å². The van der Waals surface area contributed by atoms with Gasteiger partial charge in [0.15, 0.2) is 11.2 Å². The summed E-state index contributed by atoms with van der Waals surface area (Å²) in [5.41, 5.74) is 9.14. The van der Waals surface area contributed by atoms with Crippen LogP contribution in [-0.4, -0.2) is 20.8 Å². The lowest BCUT2D eigenvalue weighted by Crippen LogP contribution is -2.22. The van der Waals surface area contributed by atoms with Gasteiger partial charge in [-0.1, -0.05) is 20.8 Å². The van der Waals surface area contributed by atoms with Crippen molar-refractivity contribution in [3.63, 3.8) is 0 Å². The van der Waals surface area contributed by atoms with Crippen LogP contribution in [0.15, 0.2) is 0 Å². The molecule has 0 aliphatic carbocycles. The Morgan fingerprint density at radius 3 is 2.73 bits per heavy atom. The average Bonchev–Trinajstić information content (AvgIpc) is 2.57. The van der Waals surface area contributed by atoms with Crippen LogP contribution in [0.25, 0.3) is 10.3 Å². The lowest BCUT2D eigenvalue weighted by atomic mass is 9.92. The molecule has 2 aromatic heterocycles. The minimum absolute atomic E-state index is 0.140. The lowest BCUT2D eigenvalue weighted by molar-refractivity contribution is 0.248. The Morgan fingerprint density at radius 1 is 1.53 bits per heavy atom. The Hall–Kier alpha value is -1.43. The molecule has 0 unspecified atom stereocenters. The number of amides is 1. The van der Waals surface area contributed by atoms with E-state index in [0.717, 1.165) is 15.1 Å². The second-order valence-corrected chi connectivity index (χ2v) is 5.10. The zero-order valence-corrected chi connectivity index (χ0v) is 9.55. The molecule has 1 amide bonds. The summed E-state index contributed by atoms with van der Waals surface area (Å²) in [4.78, 5) is 15.1. The molecule has 0 aromatic carbocycles. The SMILES string of the molecule is CC(C)(C)c1nn(C(N)=O)c2n[c]sc12. The third-order valence-electron chi connectivity index (χ3n) is 2.04. The molecule has 15 heavy (non-hydrogen) atoms. The van der Waals surface area contributed by atoms with E-state index >= 15 is 0 Å². The van der Waals surface area contributed by atoms with Gasteiger partial charge in [0.2, 0.25) is 0 Å². The van der Waals surface area contributed by atoms with E-state index in [0.29, 0.717) is 5.65 Å². The molecule has 0 aliphatic heterocycles. The predicted molar refractivity (Wildman–Crippen MR) is 57.9 cm³/mol. The number of thiazole rings is 1. The molecule has 0 fully saturated rings. The Kier molecular flexibility index (Phi) is 2.04. The zero-order chi connectivity index (χ0) is 11.2. The van der Waals surface area contributed by atoms with E-state index in [1.54, 1.807) is 0 Å². The van der Waals surface area contributed by atoms with Gasteiger partial charge in [-0.05, 0) is 0 Å². The molecule has 1 radical (unpaired) electrons. The van der Waals surface area contributed by atoms with Crippen LogP contribution in [0.2, 0.25) is 0 Å². The van der Waals surface area contributed by atoms with E-state index < -0.39 is 6.03 Å². The molecule has 2 aromatic rings. The number of rotatable bonds is 0. The second-order valence-electron chi connectivity index (χ2n) is 4.31. The molecule has 6 heteroatoms. The average molecular weight is 223 g/mol. The largest absolute Gasteiger partial charge is 0.350 e. The Labute approximate surface area is 90.9 Å². The Balaban J connectivity index is 2.77. The third kappa shape index (κ3) is 1.50. The van der Waals surface area contributed by atoms with Gasteiger partial charge in [0.1, 0.15) is 0 Å². The van der Waals surface area contributed by atoms with Gasteiger partial charge in [0, 0.05) is 5.41 Å². The highest BCUT2D eigenvalue weighted by atomic mass is 32.1. The summed E-state index contributed by atoms with van der Waals surface area (Å²) in [6, 6.07) is -0.616. The molecule has 0 saturated carbocycles. The number of hydrogen-bond donors (Lipinski definition) is 1. The van der Waals surface area contributed by atoms with E-state index in [9.17, 15) is 4.79 Å². The van der Waals surface area contributed by atoms with Crippen LogP contribution in [0.1, 0.15) is 26.5 Å². The number of carbonyl (C=O) groups excluding carboxylic acids is 1. The van der Waals surface area contributed by atoms with E-state index in [4.69, 9.17) is 5.73 Å². The van der Waals surface area contributed by atoms with Crippen LogP contribution in [0, 0.1) is 5.51 Å². The number of aromatic nitrogens is 3. The highest BCUT2D eigenvalue weighted by molar-refractivity contribution is 7.16. The van der Waals surface area contributed by atoms with E-state index in [2.05, 4.69) is 15.6 Å². The number of hydrogen-bond acceptors (Lipinski definition) is 4. The number of fused-ring (bicyclic) bond motifs is 1. The Bertz CT molecular complexity index is 520. The molecule has 0 aliphatic rings. The van der Waals surface area contributed by atoms with Gasteiger partial charge in [0.05, 0.1) is 10.4 Å². The third-order valence-corrected chi connectivity index (χ3v) is 2.80. The summed E-state index contributed by atoms with van der Waals surface area (Å²) in [5.74, 6) is 0. The van der Waals surface area contributed by atoms with E-state index in [1.807, 2.05) is 20.8 Å². The van der Waals surface area contributed by atoms with Crippen LogP contribution in [0.5, 0.6) is 0 Å². The fourth-order valence-corrected chi connectivity index (χ4v) is 2.23. The van der Waals surface area contributed by atoms with Crippen molar-refractivity contribution in [1.82, 2.24) is 14.8 Å². The predicted octanol–water partition coefficient (Wildman–Crippen LogP) is 1.52. The first-order valence-corrected chi connectivity index (χ1v) is 5.29. The van der Waals surface area contributed by atoms with Crippen molar-refractivity contribution in [2.75, 3.05) is 0 Å². The standard InChI is InChI=1S/C9H11N4OS/c1-9(2,3)6-5-7(11-4-15-5)13(12-6)8(10)14/h1-3H3,(H2,10,14). The van der Waals surface area contributed by atoms with Gasteiger partial charge in [0.25, 0.3) is 0 Å². The van der Waals surface area contributed by atoms with Crippen molar-refractivity contribution in [3.05, 3.63) is 11.2 Å². The molecular formula is C9H11N4OS. The molecule has 79 valence electrons. The molecule has 2 N–H and O–H groups in total. The van der Waals surface area contributed by atoms with Crippen molar-refractivity contribution < 1.29 is 4.79 Å². The maximum absolute atomic E-state index is 11.1. The van der Waals surface area contributed by atoms with E-state index in [1.165, 1.54) is 11.3 Å². The molecular weight excluding hydrogens is 212 g/mol.